The van der Waals surface area contributed by atoms with Crippen LogP contribution in [0, 0.1) is 34.6 Å². The van der Waals surface area contributed by atoms with Crippen LogP contribution in [0.15, 0.2) is 35.4 Å². The Bertz CT molecular complexity index is 862. The van der Waals surface area contributed by atoms with Crippen molar-refractivity contribution in [3.63, 3.8) is 0 Å². The second-order valence-electron chi connectivity index (χ2n) is 6.97. The number of amides is 2. The quantitative estimate of drug-likeness (QED) is 0.598. The van der Waals surface area contributed by atoms with E-state index >= 15 is 0 Å². The lowest BCUT2D eigenvalue weighted by Gasteiger charge is -2.09. The molecule has 0 aliphatic heterocycles. The van der Waals surface area contributed by atoms with E-state index in [9.17, 15) is 9.59 Å². The summed E-state index contributed by atoms with van der Waals surface area (Å²) in [7, 11) is 0. The van der Waals surface area contributed by atoms with Gasteiger partial charge >= 0.3 is 0 Å². The predicted octanol–water partition coefficient (Wildman–Crippen LogP) is 4.10. The monoisotopic (exact) mass is 365 g/mol. The molecule has 2 aromatic rings. The lowest BCUT2D eigenvalue weighted by Crippen LogP contribution is -2.21. The van der Waals surface area contributed by atoms with Gasteiger partial charge in [-0.3, -0.25) is 9.59 Å². The number of anilines is 1. The summed E-state index contributed by atoms with van der Waals surface area (Å²) >= 11 is 0. The SMILES string of the molecule is Cc1cc(C)c(/C=N/NC(=O)CCC(=O)Nc2cc(C)ccc2C)c(C)c1. The zero-order chi connectivity index (χ0) is 20.0. The average Bonchev–Trinajstić information content (AvgIpc) is 2.58. The van der Waals surface area contributed by atoms with Gasteiger partial charge in [0.1, 0.15) is 0 Å². The van der Waals surface area contributed by atoms with E-state index in [0.29, 0.717) is 0 Å². The summed E-state index contributed by atoms with van der Waals surface area (Å²) < 4.78 is 0. The highest BCUT2D eigenvalue weighted by molar-refractivity contribution is 5.94. The normalized spacial score (nSPS) is 10.9. The molecule has 0 saturated heterocycles. The van der Waals surface area contributed by atoms with Crippen LogP contribution >= 0.6 is 0 Å². The molecular weight excluding hydrogens is 338 g/mol. The summed E-state index contributed by atoms with van der Waals surface area (Å²) in [5, 5.41) is 6.88. The van der Waals surface area contributed by atoms with E-state index in [1.54, 1.807) is 6.21 Å². The molecule has 2 aromatic carbocycles. The molecule has 0 heterocycles. The number of carbonyl (C=O) groups excluding carboxylic acids is 2. The van der Waals surface area contributed by atoms with Gasteiger partial charge in [-0.2, -0.15) is 5.10 Å². The number of hydrogen-bond donors (Lipinski definition) is 2. The van der Waals surface area contributed by atoms with E-state index in [1.165, 1.54) is 5.56 Å². The van der Waals surface area contributed by atoms with Gasteiger partial charge in [-0.15, -0.1) is 0 Å². The van der Waals surface area contributed by atoms with Gasteiger partial charge in [0, 0.05) is 24.1 Å². The molecule has 0 fully saturated rings. The second-order valence-corrected chi connectivity index (χ2v) is 6.97. The molecule has 2 N–H and O–H groups in total. The number of rotatable bonds is 6. The van der Waals surface area contributed by atoms with Crippen LogP contribution in [0.1, 0.15) is 46.2 Å². The number of hydrazone groups is 1. The summed E-state index contributed by atoms with van der Waals surface area (Å²) in [4.78, 5) is 24.0. The van der Waals surface area contributed by atoms with Crippen molar-refractivity contribution >= 4 is 23.7 Å². The Hall–Kier alpha value is -2.95. The Morgan fingerprint density at radius 2 is 1.48 bits per heavy atom. The second kappa shape index (κ2) is 9.12. The van der Waals surface area contributed by atoms with Gasteiger partial charge in [0.25, 0.3) is 0 Å². The van der Waals surface area contributed by atoms with Crippen LogP contribution in [0.25, 0.3) is 0 Å². The van der Waals surface area contributed by atoms with E-state index < -0.39 is 0 Å². The number of carbonyl (C=O) groups is 2. The zero-order valence-electron chi connectivity index (χ0n) is 16.6. The number of nitrogens with zero attached hydrogens (tertiary/aromatic N) is 1. The first-order valence-electron chi connectivity index (χ1n) is 9.03. The largest absolute Gasteiger partial charge is 0.326 e. The van der Waals surface area contributed by atoms with Crippen molar-refractivity contribution < 1.29 is 9.59 Å². The van der Waals surface area contributed by atoms with Crippen LogP contribution in [0.4, 0.5) is 5.69 Å². The fourth-order valence-corrected chi connectivity index (χ4v) is 2.93. The molecule has 0 atom stereocenters. The van der Waals surface area contributed by atoms with Crippen molar-refractivity contribution in [2.75, 3.05) is 5.32 Å². The molecule has 0 aromatic heterocycles. The predicted molar refractivity (Wildman–Crippen MR) is 110 cm³/mol. The Balaban J connectivity index is 1.84. The summed E-state index contributed by atoms with van der Waals surface area (Å²) in [5.74, 6) is -0.474. The summed E-state index contributed by atoms with van der Waals surface area (Å²) in [6.07, 6.45) is 1.84. The maximum Gasteiger partial charge on any atom is 0.240 e. The topological polar surface area (TPSA) is 70.6 Å². The molecule has 142 valence electrons. The molecule has 0 saturated carbocycles. The van der Waals surface area contributed by atoms with Crippen molar-refractivity contribution in [1.82, 2.24) is 5.43 Å². The maximum atomic E-state index is 12.1. The highest BCUT2D eigenvalue weighted by Crippen LogP contribution is 2.17. The minimum absolute atomic E-state index is 0.0832. The van der Waals surface area contributed by atoms with Gasteiger partial charge in [0.2, 0.25) is 11.8 Å². The third-order valence-corrected chi connectivity index (χ3v) is 4.37. The summed E-state index contributed by atoms with van der Waals surface area (Å²) in [6, 6.07) is 10.0. The molecule has 2 rings (SSSR count). The van der Waals surface area contributed by atoms with E-state index in [0.717, 1.165) is 33.5 Å². The van der Waals surface area contributed by atoms with Crippen molar-refractivity contribution in [2.45, 2.75) is 47.5 Å². The number of hydrogen-bond acceptors (Lipinski definition) is 3. The Morgan fingerprint density at radius 3 is 2.15 bits per heavy atom. The molecule has 0 radical (unpaired) electrons. The summed E-state index contributed by atoms with van der Waals surface area (Å²) in [6.45, 7) is 9.98. The van der Waals surface area contributed by atoms with Gasteiger partial charge in [0.05, 0.1) is 6.21 Å². The van der Waals surface area contributed by atoms with E-state index in [2.05, 4.69) is 28.0 Å². The van der Waals surface area contributed by atoms with Gasteiger partial charge < -0.3 is 5.32 Å². The highest BCUT2D eigenvalue weighted by Gasteiger charge is 2.08. The van der Waals surface area contributed by atoms with Gasteiger partial charge in [-0.25, -0.2) is 5.43 Å². The fraction of sp³-hybridized carbons (Fsp3) is 0.318. The van der Waals surface area contributed by atoms with Gasteiger partial charge in [-0.05, 0) is 62.9 Å². The first kappa shape index (κ1) is 20.4. The van der Waals surface area contributed by atoms with Crippen molar-refractivity contribution in [3.05, 3.63) is 63.7 Å². The van der Waals surface area contributed by atoms with E-state index in [1.807, 2.05) is 52.8 Å². The molecular formula is C22H27N3O2. The van der Waals surface area contributed by atoms with Crippen LogP contribution in [0.5, 0.6) is 0 Å². The Morgan fingerprint density at radius 1 is 0.852 bits per heavy atom. The third kappa shape index (κ3) is 6.06. The molecule has 0 aliphatic carbocycles. The van der Waals surface area contributed by atoms with Crippen LogP contribution in [0.2, 0.25) is 0 Å². The molecule has 0 unspecified atom stereocenters. The third-order valence-electron chi connectivity index (χ3n) is 4.37. The zero-order valence-corrected chi connectivity index (χ0v) is 16.6. The van der Waals surface area contributed by atoms with Crippen LogP contribution in [0.3, 0.4) is 0 Å². The molecule has 0 bridgehead atoms. The minimum atomic E-state index is -0.287. The highest BCUT2D eigenvalue weighted by atomic mass is 16.2. The Labute approximate surface area is 160 Å². The fourth-order valence-electron chi connectivity index (χ4n) is 2.93. The first-order chi connectivity index (χ1) is 12.8. The summed E-state index contributed by atoms with van der Waals surface area (Å²) in [5.41, 5.74) is 9.75. The van der Waals surface area contributed by atoms with Crippen LogP contribution < -0.4 is 10.7 Å². The lowest BCUT2D eigenvalue weighted by atomic mass is 10.0. The van der Waals surface area contributed by atoms with E-state index in [-0.39, 0.29) is 24.7 Å². The van der Waals surface area contributed by atoms with Crippen molar-refractivity contribution in [1.29, 1.82) is 0 Å². The van der Waals surface area contributed by atoms with Gasteiger partial charge in [-0.1, -0.05) is 29.8 Å². The number of aryl methyl sites for hydroxylation is 5. The van der Waals surface area contributed by atoms with Crippen molar-refractivity contribution in [2.24, 2.45) is 5.10 Å². The Kier molecular flexibility index (Phi) is 6.88. The molecule has 0 aliphatic rings. The first-order valence-corrected chi connectivity index (χ1v) is 9.03. The molecule has 5 heteroatoms. The van der Waals surface area contributed by atoms with E-state index in [4.69, 9.17) is 0 Å². The maximum absolute atomic E-state index is 12.1. The van der Waals surface area contributed by atoms with Crippen molar-refractivity contribution in [3.8, 4) is 0 Å². The molecule has 0 spiro atoms. The molecule has 5 nitrogen and oxygen atoms in total. The average molecular weight is 365 g/mol. The van der Waals surface area contributed by atoms with Crippen LogP contribution in [-0.2, 0) is 9.59 Å². The minimum Gasteiger partial charge on any atom is -0.326 e. The van der Waals surface area contributed by atoms with Gasteiger partial charge in [0.15, 0.2) is 0 Å². The lowest BCUT2D eigenvalue weighted by molar-refractivity contribution is -0.124. The van der Waals surface area contributed by atoms with Crippen LogP contribution in [-0.4, -0.2) is 18.0 Å². The number of benzene rings is 2. The smallest absolute Gasteiger partial charge is 0.240 e. The number of nitrogens with one attached hydrogen (secondary N) is 2. The standard InChI is InChI=1S/C22H27N3O2/c1-14-6-7-16(3)20(12-14)24-21(26)8-9-22(27)25-23-13-19-17(4)10-15(2)11-18(19)5/h6-7,10-13H,8-9H2,1-5H3,(H,24,26)(H,25,27)/b23-13+. The molecule has 27 heavy (non-hydrogen) atoms. The molecule has 2 amide bonds.